The zero-order valence-corrected chi connectivity index (χ0v) is 10.6. The highest BCUT2D eigenvalue weighted by Crippen LogP contribution is 2.39. The van der Waals surface area contributed by atoms with Crippen molar-refractivity contribution < 1.29 is 4.79 Å². The van der Waals surface area contributed by atoms with Crippen molar-refractivity contribution in [3.8, 4) is 0 Å². The molecule has 3 heteroatoms. The molecular formula is C13H24N2O. The summed E-state index contributed by atoms with van der Waals surface area (Å²) in [5.41, 5.74) is 0.201. The highest BCUT2D eigenvalue weighted by molar-refractivity contribution is 5.82. The molecule has 3 nitrogen and oxygen atoms in total. The molecule has 92 valence electrons. The minimum absolute atomic E-state index is 0.182. The van der Waals surface area contributed by atoms with Gasteiger partial charge in [0.2, 0.25) is 5.91 Å². The second-order valence-corrected chi connectivity index (χ2v) is 6.19. The number of nitrogens with one attached hydrogen (secondary N) is 2. The number of carbonyl (C=O) groups excluding carboxylic acids is 1. The molecule has 0 aromatic carbocycles. The third kappa shape index (κ3) is 2.40. The second-order valence-electron chi connectivity index (χ2n) is 6.19. The molecule has 0 spiro atoms. The Hall–Kier alpha value is -0.570. The van der Waals surface area contributed by atoms with E-state index >= 15 is 0 Å². The molecule has 1 unspecified atom stereocenters. The van der Waals surface area contributed by atoms with Gasteiger partial charge in [-0.05, 0) is 44.6 Å². The molecule has 0 bridgehead atoms. The Morgan fingerprint density at radius 3 is 2.50 bits per heavy atom. The van der Waals surface area contributed by atoms with E-state index in [2.05, 4.69) is 24.5 Å². The zero-order valence-electron chi connectivity index (χ0n) is 10.6. The molecule has 1 amide bonds. The lowest BCUT2D eigenvalue weighted by molar-refractivity contribution is -0.131. The lowest BCUT2D eigenvalue weighted by atomic mass is 9.70. The fraction of sp³-hybridized carbons (Fsp3) is 0.923. The summed E-state index contributed by atoms with van der Waals surface area (Å²) in [5.74, 6) is 0.243. The van der Waals surface area contributed by atoms with E-state index in [1.807, 2.05) is 0 Å². The number of hydrogen-bond donors (Lipinski definition) is 2. The van der Waals surface area contributed by atoms with Crippen molar-refractivity contribution in [1.29, 1.82) is 0 Å². The van der Waals surface area contributed by atoms with Crippen molar-refractivity contribution in [3.63, 3.8) is 0 Å². The number of piperidine rings is 1. The number of amides is 1. The van der Waals surface area contributed by atoms with Crippen molar-refractivity contribution in [2.24, 2.45) is 10.8 Å². The first-order valence-corrected chi connectivity index (χ1v) is 6.53. The first kappa shape index (κ1) is 11.9. The van der Waals surface area contributed by atoms with Crippen LogP contribution in [0.25, 0.3) is 0 Å². The monoisotopic (exact) mass is 224 g/mol. The topological polar surface area (TPSA) is 41.1 Å². The Labute approximate surface area is 98.4 Å². The highest BCUT2D eigenvalue weighted by Gasteiger charge is 2.37. The van der Waals surface area contributed by atoms with E-state index in [4.69, 9.17) is 0 Å². The normalized spacial score (nSPS) is 32.9. The van der Waals surface area contributed by atoms with Gasteiger partial charge in [-0.25, -0.2) is 0 Å². The van der Waals surface area contributed by atoms with Crippen LogP contribution >= 0.6 is 0 Å². The summed E-state index contributed by atoms with van der Waals surface area (Å²) in [6, 6.07) is 0. The van der Waals surface area contributed by atoms with Gasteiger partial charge in [0.25, 0.3) is 0 Å². The minimum Gasteiger partial charge on any atom is -0.355 e. The molecule has 2 fully saturated rings. The maximum atomic E-state index is 12.2. The predicted octanol–water partition coefficient (Wildman–Crippen LogP) is 1.68. The lowest BCUT2D eigenvalue weighted by Crippen LogP contribution is -2.51. The summed E-state index contributed by atoms with van der Waals surface area (Å²) < 4.78 is 0. The molecule has 16 heavy (non-hydrogen) atoms. The Kier molecular flexibility index (Phi) is 3.24. The van der Waals surface area contributed by atoms with Crippen molar-refractivity contribution >= 4 is 5.91 Å². The van der Waals surface area contributed by atoms with Gasteiger partial charge < -0.3 is 10.6 Å². The summed E-state index contributed by atoms with van der Waals surface area (Å²) in [7, 11) is 0. The van der Waals surface area contributed by atoms with Crippen molar-refractivity contribution in [1.82, 2.24) is 10.6 Å². The van der Waals surface area contributed by atoms with E-state index in [-0.39, 0.29) is 11.3 Å². The van der Waals surface area contributed by atoms with Crippen LogP contribution in [0.1, 0.15) is 46.0 Å². The van der Waals surface area contributed by atoms with Crippen LogP contribution in [0.5, 0.6) is 0 Å². The fourth-order valence-electron chi connectivity index (χ4n) is 2.71. The van der Waals surface area contributed by atoms with Gasteiger partial charge in [-0.1, -0.05) is 13.3 Å². The minimum atomic E-state index is -0.182. The molecule has 1 saturated heterocycles. The van der Waals surface area contributed by atoms with Crippen molar-refractivity contribution in [2.75, 3.05) is 19.6 Å². The molecule has 2 aliphatic rings. The third-order valence-electron chi connectivity index (χ3n) is 4.38. The first-order chi connectivity index (χ1) is 7.54. The summed E-state index contributed by atoms with van der Waals surface area (Å²) in [6.45, 7) is 7.10. The van der Waals surface area contributed by atoms with Gasteiger partial charge in [0.15, 0.2) is 0 Å². The van der Waals surface area contributed by atoms with Crippen LogP contribution in [0.3, 0.4) is 0 Å². The Morgan fingerprint density at radius 2 is 2.00 bits per heavy atom. The van der Waals surface area contributed by atoms with Gasteiger partial charge in [0.05, 0.1) is 5.41 Å². The van der Waals surface area contributed by atoms with Crippen LogP contribution in [-0.4, -0.2) is 25.5 Å². The maximum absolute atomic E-state index is 12.2. The van der Waals surface area contributed by atoms with E-state index in [0.29, 0.717) is 5.41 Å². The molecule has 1 aliphatic heterocycles. The number of carbonyl (C=O) groups is 1. The van der Waals surface area contributed by atoms with Gasteiger partial charge >= 0.3 is 0 Å². The van der Waals surface area contributed by atoms with Crippen LogP contribution < -0.4 is 10.6 Å². The van der Waals surface area contributed by atoms with Crippen LogP contribution in [0.4, 0.5) is 0 Å². The zero-order chi connectivity index (χ0) is 11.6. The molecule has 2 N–H and O–H groups in total. The number of hydrogen-bond acceptors (Lipinski definition) is 2. The molecule has 1 atom stereocenters. The quantitative estimate of drug-likeness (QED) is 0.766. The van der Waals surface area contributed by atoms with E-state index in [1.54, 1.807) is 0 Å². The molecule has 0 aromatic rings. The third-order valence-corrected chi connectivity index (χ3v) is 4.38. The largest absolute Gasteiger partial charge is 0.355 e. The van der Waals surface area contributed by atoms with Crippen molar-refractivity contribution in [2.45, 2.75) is 46.0 Å². The molecular weight excluding hydrogens is 200 g/mol. The molecule has 1 saturated carbocycles. The lowest BCUT2D eigenvalue weighted by Gasteiger charge is -2.40. The predicted molar refractivity (Wildman–Crippen MR) is 65.2 cm³/mol. The van der Waals surface area contributed by atoms with Crippen LogP contribution in [0.2, 0.25) is 0 Å². The summed E-state index contributed by atoms with van der Waals surface area (Å²) in [4.78, 5) is 12.2. The molecule has 0 aromatic heterocycles. The second kappa shape index (κ2) is 4.36. The van der Waals surface area contributed by atoms with Gasteiger partial charge in [-0.2, -0.15) is 0 Å². The molecule has 1 heterocycles. The van der Waals surface area contributed by atoms with Gasteiger partial charge in [-0.15, -0.1) is 0 Å². The van der Waals surface area contributed by atoms with E-state index in [1.165, 1.54) is 19.3 Å². The Bertz CT molecular complexity index is 265. The van der Waals surface area contributed by atoms with Crippen LogP contribution in [0, 0.1) is 10.8 Å². The maximum Gasteiger partial charge on any atom is 0.227 e. The van der Waals surface area contributed by atoms with Gasteiger partial charge in [-0.3, -0.25) is 4.79 Å². The van der Waals surface area contributed by atoms with Crippen molar-refractivity contribution in [3.05, 3.63) is 0 Å². The smallest absolute Gasteiger partial charge is 0.227 e. The number of rotatable bonds is 3. The molecule has 1 aliphatic carbocycles. The van der Waals surface area contributed by atoms with Crippen LogP contribution in [0.15, 0.2) is 0 Å². The standard InChI is InChI=1S/C13H24N2O/c1-12(5-3-6-12)9-15-11(16)13(2)7-4-8-14-10-13/h14H,3-10H2,1-2H3,(H,15,16). The van der Waals surface area contributed by atoms with E-state index in [9.17, 15) is 4.79 Å². The molecule has 0 radical (unpaired) electrons. The van der Waals surface area contributed by atoms with Gasteiger partial charge in [0.1, 0.15) is 0 Å². The Morgan fingerprint density at radius 1 is 1.25 bits per heavy atom. The summed E-state index contributed by atoms with van der Waals surface area (Å²) in [6.07, 6.45) is 5.99. The average Bonchev–Trinajstić information content (AvgIpc) is 2.24. The average molecular weight is 224 g/mol. The summed E-state index contributed by atoms with van der Waals surface area (Å²) >= 11 is 0. The van der Waals surface area contributed by atoms with Gasteiger partial charge in [0, 0.05) is 13.1 Å². The first-order valence-electron chi connectivity index (χ1n) is 6.53. The van der Waals surface area contributed by atoms with E-state index in [0.717, 1.165) is 32.5 Å². The summed E-state index contributed by atoms with van der Waals surface area (Å²) in [5, 5.41) is 6.48. The SMILES string of the molecule is CC1(CNC(=O)C2(C)CCCNC2)CCC1. The van der Waals surface area contributed by atoms with E-state index < -0.39 is 0 Å². The highest BCUT2D eigenvalue weighted by atomic mass is 16.2. The van der Waals surface area contributed by atoms with Crippen LogP contribution in [-0.2, 0) is 4.79 Å². The Balaban J connectivity index is 1.82. The fourth-order valence-corrected chi connectivity index (χ4v) is 2.71. The molecule has 2 rings (SSSR count).